The Labute approximate surface area is 109 Å². The van der Waals surface area contributed by atoms with Crippen LogP contribution in [-0.4, -0.2) is 41.1 Å². The number of amides is 2. The lowest BCUT2D eigenvalue weighted by Crippen LogP contribution is -2.46. The van der Waals surface area contributed by atoms with Gasteiger partial charge in [-0.2, -0.15) is 0 Å². The molecule has 1 saturated carbocycles. The minimum absolute atomic E-state index is 0.00964. The van der Waals surface area contributed by atoms with Crippen molar-refractivity contribution in [3.05, 3.63) is 0 Å². The molecule has 104 valence electrons. The van der Waals surface area contributed by atoms with Crippen molar-refractivity contribution in [2.24, 2.45) is 5.92 Å². The van der Waals surface area contributed by atoms with Gasteiger partial charge in [-0.1, -0.05) is 13.8 Å². The van der Waals surface area contributed by atoms with Crippen molar-refractivity contribution in [1.82, 2.24) is 10.2 Å². The van der Waals surface area contributed by atoms with Crippen molar-refractivity contribution in [2.75, 3.05) is 7.05 Å². The zero-order valence-corrected chi connectivity index (χ0v) is 11.5. The number of nitrogens with one attached hydrogen (secondary N) is 1. The van der Waals surface area contributed by atoms with E-state index >= 15 is 0 Å². The van der Waals surface area contributed by atoms with Gasteiger partial charge in [-0.05, 0) is 32.1 Å². The van der Waals surface area contributed by atoms with E-state index in [1.807, 2.05) is 0 Å². The van der Waals surface area contributed by atoms with Crippen LogP contribution in [0.3, 0.4) is 0 Å². The molecule has 0 saturated heterocycles. The van der Waals surface area contributed by atoms with E-state index in [4.69, 9.17) is 5.11 Å². The monoisotopic (exact) mass is 256 g/mol. The number of hydrogen-bond acceptors (Lipinski definition) is 2. The summed E-state index contributed by atoms with van der Waals surface area (Å²) >= 11 is 0. The normalized spacial score (nSPS) is 23.1. The highest BCUT2D eigenvalue weighted by molar-refractivity contribution is 5.75. The van der Waals surface area contributed by atoms with Gasteiger partial charge in [0.05, 0.1) is 5.92 Å². The van der Waals surface area contributed by atoms with E-state index in [0.29, 0.717) is 12.8 Å². The molecule has 5 heteroatoms. The molecular formula is C13H24N2O3. The Bertz CT molecular complexity index is 303. The average Bonchev–Trinajstić information content (AvgIpc) is 2.79. The lowest BCUT2D eigenvalue weighted by atomic mass is 10.1. The summed E-state index contributed by atoms with van der Waals surface area (Å²) in [6.07, 6.45) is 3.85. The lowest BCUT2D eigenvalue weighted by Gasteiger charge is -2.28. The topological polar surface area (TPSA) is 69.6 Å². The maximum Gasteiger partial charge on any atom is 0.317 e. The highest BCUT2D eigenvalue weighted by atomic mass is 16.4. The molecule has 0 heterocycles. The number of carboxylic acid groups (broad SMARTS) is 1. The summed E-state index contributed by atoms with van der Waals surface area (Å²) in [5.74, 6) is -1.05. The Morgan fingerprint density at radius 1 is 1.33 bits per heavy atom. The maximum absolute atomic E-state index is 12.0. The number of nitrogens with zero attached hydrogens (tertiary/aromatic N) is 1. The molecular weight excluding hydrogens is 232 g/mol. The first-order valence-corrected chi connectivity index (χ1v) is 6.75. The summed E-state index contributed by atoms with van der Waals surface area (Å²) in [6.45, 7) is 4.13. The molecule has 0 aromatic heterocycles. The molecule has 1 fully saturated rings. The van der Waals surface area contributed by atoms with Crippen LogP contribution in [0.2, 0.25) is 0 Å². The van der Waals surface area contributed by atoms with Crippen molar-refractivity contribution in [3.63, 3.8) is 0 Å². The molecule has 5 nitrogen and oxygen atoms in total. The lowest BCUT2D eigenvalue weighted by molar-refractivity contribution is -0.141. The fourth-order valence-electron chi connectivity index (χ4n) is 2.62. The van der Waals surface area contributed by atoms with E-state index in [0.717, 1.165) is 19.3 Å². The molecule has 2 amide bonds. The van der Waals surface area contributed by atoms with Gasteiger partial charge in [-0.15, -0.1) is 0 Å². The zero-order chi connectivity index (χ0) is 13.7. The SMILES string of the molecule is CCC(CC)N(C)C(=O)N[C@H]1CC[C@@H](C(=O)O)C1. The average molecular weight is 256 g/mol. The molecule has 1 rings (SSSR count). The van der Waals surface area contributed by atoms with Crippen LogP contribution in [-0.2, 0) is 4.79 Å². The van der Waals surface area contributed by atoms with Crippen LogP contribution < -0.4 is 5.32 Å². The minimum atomic E-state index is -0.750. The number of carbonyl (C=O) groups excluding carboxylic acids is 1. The number of urea groups is 1. The molecule has 0 unspecified atom stereocenters. The number of rotatable bonds is 5. The number of aliphatic carboxylic acids is 1. The van der Waals surface area contributed by atoms with Crippen LogP contribution in [0.4, 0.5) is 4.79 Å². The molecule has 0 aliphatic heterocycles. The Morgan fingerprint density at radius 2 is 1.94 bits per heavy atom. The van der Waals surface area contributed by atoms with E-state index in [2.05, 4.69) is 19.2 Å². The number of carboxylic acids is 1. The molecule has 0 bridgehead atoms. The van der Waals surface area contributed by atoms with Gasteiger partial charge in [0.25, 0.3) is 0 Å². The molecule has 1 aliphatic carbocycles. The van der Waals surface area contributed by atoms with Gasteiger partial charge < -0.3 is 15.3 Å². The van der Waals surface area contributed by atoms with Gasteiger partial charge in [0.2, 0.25) is 0 Å². The summed E-state index contributed by atoms with van der Waals surface area (Å²) in [5, 5.41) is 11.9. The fourth-order valence-corrected chi connectivity index (χ4v) is 2.62. The predicted molar refractivity (Wildman–Crippen MR) is 69.4 cm³/mol. The van der Waals surface area contributed by atoms with Crippen molar-refractivity contribution in [2.45, 2.75) is 58.0 Å². The van der Waals surface area contributed by atoms with Crippen molar-refractivity contribution < 1.29 is 14.7 Å². The molecule has 0 aromatic carbocycles. The van der Waals surface area contributed by atoms with Crippen LogP contribution in [0.1, 0.15) is 46.0 Å². The highest BCUT2D eigenvalue weighted by Gasteiger charge is 2.31. The molecule has 2 atom stereocenters. The first-order valence-electron chi connectivity index (χ1n) is 6.75. The summed E-state index contributed by atoms with van der Waals surface area (Å²) in [4.78, 5) is 24.6. The van der Waals surface area contributed by atoms with Crippen molar-refractivity contribution in [1.29, 1.82) is 0 Å². The summed E-state index contributed by atoms with van der Waals surface area (Å²) < 4.78 is 0. The van der Waals surface area contributed by atoms with Gasteiger partial charge in [0, 0.05) is 19.1 Å². The van der Waals surface area contributed by atoms with Crippen LogP contribution >= 0.6 is 0 Å². The van der Waals surface area contributed by atoms with Crippen molar-refractivity contribution >= 4 is 12.0 Å². The predicted octanol–water partition coefficient (Wildman–Crippen LogP) is 2.07. The molecule has 18 heavy (non-hydrogen) atoms. The third-order valence-corrected chi connectivity index (χ3v) is 3.92. The second-order valence-electron chi connectivity index (χ2n) is 5.08. The molecule has 0 spiro atoms. The van der Waals surface area contributed by atoms with Crippen LogP contribution in [0.5, 0.6) is 0 Å². The molecule has 1 aliphatic rings. The Morgan fingerprint density at radius 3 is 2.39 bits per heavy atom. The standard InChI is InChI=1S/C13H24N2O3/c1-4-11(5-2)15(3)13(18)14-10-7-6-9(8-10)12(16)17/h9-11H,4-8H2,1-3H3,(H,14,18)(H,16,17)/t9-,10+/m1/s1. The van der Waals surface area contributed by atoms with Gasteiger partial charge >= 0.3 is 12.0 Å². The fraction of sp³-hybridized carbons (Fsp3) is 0.846. The van der Waals surface area contributed by atoms with E-state index in [-0.39, 0.29) is 24.0 Å². The summed E-state index contributed by atoms with van der Waals surface area (Å²) in [5.41, 5.74) is 0. The van der Waals surface area contributed by atoms with Crippen LogP contribution in [0.15, 0.2) is 0 Å². The Kier molecular flexibility index (Phi) is 5.44. The third-order valence-electron chi connectivity index (χ3n) is 3.92. The van der Waals surface area contributed by atoms with E-state index < -0.39 is 5.97 Å². The molecule has 2 N–H and O–H groups in total. The van der Waals surface area contributed by atoms with Crippen LogP contribution in [0.25, 0.3) is 0 Å². The molecule has 0 radical (unpaired) electrons. The second-order valence-corrected chi connectivity index (χ2v) is 5.08. The number of carbonyl (C=O) groups is 2. The first kappa shape index (κ1) is 14.8. The van der Waals surface area contributed by atoms with Gasteiger partial charge in [0.15, 0.2) is 0 Å². The summed E-state index contributed by atoms with van der Waals surface area (Å²) in [7, 11) is 1.80. The Hall–Kier alpha value is -1.26. The smallest absolute Gasteiger partial charge is 0.317 e. The van der Waals surface area contributed by atoms with Gasteiger partial charge in [-0.3, -0.25) is 4.79 Å². The third kappa shape index (κ3) is 3.62. The minimum Gasteiger partial charge on any atom is -0.481 e. The maximum atomic E-state index is 12.0. The first-order chi connectivity index (χ1) is 8.49. The summed E-state index contributed by atoms with van der Waals surface area (Å²) in [6, 6.07) is 0.178. The van der Waals surface area contributed by atoms with Crippen molar-refractivity contribution in [3.8, 4) is 0 Å². The largest absolute Gasteiger partial charge is 0.481 e. The number of hydrogen-bond donors (Lipinski definition) is 2. The quantitative estimate of drug-likeness (QED) is 0.791. The zero-order valence-electron chi connectivity index (χ0n) is 11.5. The van der Waals surface area contributed by atoms with E-state index in [1.54, 1.807) is 11.9 Å². The molecule has 0 aromatic rings. The van der Waals surface area contributed by atoms with E-state index in [9.17, 15) is 9.59 Å². The Balaban J connectivity index is 2.43. The van der Waals surface area contributed by atoms with Gasteiger partial charge in [-0.25, -0.2) is 4.79 Å². The van der Waals surface area contributed by atoms with Gasteiger partial charge in [0.1, 0.15) is 0 Å². The highest BCUT2D eigenvalue weighted by Crippen LogP contribution is 2.25. The van der Waals surface area contributed by atoms with Crippen LogP contribution in [0, 0.1) is 5.92 Å². The second kappa shape index (κ2) is 6.61. The van der Waals surface area contributed by atoms with E-state index in [1.165, 1.54) is 0 Å².